The molecule has 0 heterocycles. The van der Waals surface area contributed by atoms with Crippen molar-refractivity contribution in [1.82, 2.24) is 0 Å². The number of hydrogen-bond acceptors (Lipinski definition) is 4. The van der Waals surface area contributed by atoms with Crippen molar-refractivity contribution >= 4 is 26.4 Å². The fourth-order valence-electron chi connectivity index (χ4n) is 3.51. The van der Waals surface area contributed by atoms with Gasteiger partial charge in [0.25, 0.3) is 0 Å². The normalized spacial score (nSPS) is 13.7. The van der Waals surface area contributed by atoms with Gasteiger partial charge >= 0.3 is 5.97 Å². The van der Waals surface area contributed by atoms with Gasteiger partial charge in [0, 0.05) is 16.7 Å². The predicted molar refractivity (Wildman–Crippen MR) is 118 cm³/mol. The van der Waals surface area contributed by atoms with Gasteiger partial charge in [-0.3, -0.25) is 4.79 Å². The van der Waals surface area contributed by atoms with Crippen LogP contribution in [0.5, 0.6) is 5.75 Å². The number of rotatable bonds is 5. The van der Waals surface area contributed by atoms with Gasteiger partial charge in [-0.15, -0.1) is 0 Å². The molecule has 0 radical (unpaired) electrons. The number of fused-ring (bicyclic) bond motifs is 1. The van der Waals surface area contributed by atoms with Crippen molar-refractivity contribution in [3.63, 3.8) is 0 Å². The van der Waals surface area contributed by atoms with E-state index in [9.17, 15) is 9.59 Å². The van der Waals surface area contributed by atoms with Gasteiger partial charge in [-0.1, -0.05) is 57.2 Å². The molecule has 0 aliphatic heterocycles. The predicted octanol–water partition coefficient (Wildman–Crippen LogP) is 4.91. The molecule has 0 N–H and O–H groups in total. The quantitative estimate of drug-likeness (QED) is 0.401. The van der Waals surface area contributed by atoms with Gasteiger partial charge in [0.15, 0.2) is 0 Å². The molecule has 3 rings (SSSR count). The van der Waals surface area contributed by atoms with Crippen LogP contribution in [0.2, 0.25) is 13.1 Å². The van der Waals surface area contributed by atoms with Crippen molar-refractivity contribution in [3.8, 4) is 5.75 Å². The SMILES string of the molecule is CCOC(=O)C1=C(c2ccc(C(C)(C)C)cc2O[SiH](C)C)c2ccccc2C1=O. The Bertz CT molecular complexity index is 996. The van der Waals surface area contributed by atoms with Crippen LogP contribution in [0.15, 0.2) is 48.0 Å². The molecule has 0 saturated heterocycles. The highest BCUT2D eigenvalue weighted by molar-refractivity contribution is 6.49. The summed E-state index contributed by atoms with van der Waals surface area (Å²) in [7, 11) is -1.43. The highest BCUT2D eigenvalue weighted by Gasteiger charge is 2.36. The van der Waals surface area contributed by atoms with Crippen molar-refractivity contribution < 1.29 is 18.8 Å². The van der Waals surface area contributed by atoms with Crippen LogP contribution in [-0.2, 0) is 14.9 Å². The summed E-state index contributed by atoms with van der Waals surface area (Å²) in [5, 5.41) is 0. The Balaban J connectivity index is 2.29. The third-order valence-electron chi connectivity index (χ3n) is 4.88. The van der Waals surface area contributed by atoms with E-state index >= 15 is 0 Å². The van der Waals surface area contributed by atoms with E-state index in [4.69, 9.17) is 9.16 Å². The lowest BCUT2D eigenvalue weighted by atomic mass is 9.85. The smallest absolute Gasteiger partial charge is 0.342 e. The molecule has 1 aliphatic carbocycles. The molecule has 29 heavy (non-hydrogen) atoms. The van der Waals surface area contributed by atoms with Crippen molar-refractivity contribution in [3.05, 3.63) is 70.3 Å². The molecule has 0 aromatic heterocycles. The van der Waals surface area contributed by atoms with E-state index in [1.54, 1.807) is 13.0 Å². The highest BCUT2D eigenvalue weighted by atomic mass is 28.3. The Morgan fingerprint density at radius 2 is 1.66 bits per heavy atom. The van der Waals surface area contributed by atoms with E-state index in [2.05, 4.69) is 33.9 Å². The average molecular weight is 409 g/mol. The number of esters is 1. The third-order valence-corrected chi connectivity index (χ3v) is 5.60. The minimum Gasteiger partial charge on any atom is -0.547 e. The first-order valence-electron chi connectivity index (χ1n) is 10.0. The Morgan fingerprint density at radius 3 is 2.24 bits per heavy atom. The maximum Gasteiger partial charge on any atom is 0.342 e. The molecule has 152 valence electrons. The van der Waals surface area contributed by atoms with E-state index in [0.717, 1.165) is 22.4 Å². The van der Waals surface area contributed by atoms with Crippen molar-refractivity contribution in [2.24, 2.45) is 0 Å². The van der Waals surface area contributed by atoms with Crippen molar-refractivity contribution in [2.75, 3.05) is 6.61 Å². The Morgan fingerprint density at radius 1 is 1.00 bits per heavy atom. The van der Waals surface area contributed by atoms with Crippen LogP contribution in [0.1, 0.15) is 54.7 Å². The summed E-state index contributed by atoms with van der Waals surface area (Å²) in [6.45, 7) is 12.6. The molecule has 2 aromatic carbocycles. The molecule has 0 unspecified atom stereocenters. The van der Waals surface area contributed by atoms with Gasteiger partial charge < -0.3 is 9.16 Å². The summed E-state index contributed by atoms with van der Waals surface area (Å²) in [4.78, 5) is 25.8. The van der Waals surface area contributed by atoms with Gasteiger partial charge in [0.2, 0.25) is 14.8 Å². The molecule has 0 saturated carbocycles. The zero-order chi connectivity index (χ0) is 21.3. The average Bonchev–Trinajstić information content (AvgIpc) is 2.94. The second kappa shape index (κ2) is 7.99. The summed E-state index contributed by atoms with van der Waals surface area (Å²) in [6, 6.07) is 13.4. The van der Waals surface area contributed by atoms with Crippen molar-refractivity contribution in [2.45, 2.75) is 46.2 Å². The van der Waals surface area contributed by atoms with Gasteiger partial charge in [0.05, 0.1) is 6.61 Å². The molecule has 5 heteroatoms. The Kier molecular flexibility index (Phi) is 5.80. The molecule has 2 aromatic rings. The summed E-state index contributed by atoms with van der Waals surface area (Å²) in [6.07, 6.45) is 0. The largest absolute Gasteiger partial charge is 0.547 e. The lowest BCUT2D eigenvalue weighted by Crippen LogP contribution is -2.17. The first kappa shape index (κ1) is 21.1. The van der Waals surface area contributed by atoms with Gasteiger partial charge in [-0.25, -0.2) is 4.79 Å². The number of ether oxygens (including phenoxy) is 1. The second-order valence-electron chi connectivity index (χ2n) is 8.47. The summed E-state index contributed by atoms with van der Waals surface area (Å²) < 4.78 is 11.5. The standard InChI is InChI=1S/C24H28O4Si/c1-7-27-23(26)21-20(16-10-8-9-11-17(16)22(21)25)18-13-12-15(24(2,3)4)14-19(18)28-29(5)6/h8-14,29H,7H2,1-6H3. The molecular weight excluding hydrogens is 380 g/mol. The first-order chi connectivity index (χ1) is 13.6. The number of hydrogen-bond donors (Lipinski definition) is 0. The van der Waals surface area contributed by atoms with Gasteiger partial charge in [-0.2, -0.15) is 0 Å². The van der Waals surface area contributed by atoms with E-state index in [1.165, 1.54) is 0 Å². The number of carbonyl (C=O) groups is 2. The molecule has 0 amide bonds. The first-order valence-corrected chi connectivity index (χ1v) is 12.8. The molecule has 0 spiro atoms. The minimum absolute atomic E-state index is 0.0447. The maximum absolute atomic E-state index is 13.1. The summed E-state index contributed by atoms with van der Waals surface area (Å²) in [5.41, 5.74) is 3.83. The van der Waals surface area contributed by atoms with Crippen LogP contribution in [0.4, 0.5) is 0 Å². The van der Waals surface area contributed by atoms with Crippen LogP contribution in [0, 0.1) is 0 Å². The van der Waals surface area contributed by atoms with Gasteiger partial charge in [0.1, 0.15) is 11.3 Å². The van der Waals surface area contributed by atoms with Crippen LogP contribution in [0.25, 0.3) is 5.57 Å². The van der Waals surface area contributed by atoms with E-state index in [0.29, 0.717) is 11.1 Å². The number of carbonyl (C=O) groups excluding carboxylic acids is 2. The Hall–Kier alpha value is -2.66. The second-order valence-corrected chi connectivity index (χ2v) is 10.8. The zero-order valence-electron chi connectivity index (χ0n) is 18.0. The number of ketones is 1. The van der Waals surface area contributed by atoms with Crippen LogP contribution < -0.4 is 4.43 Å². The summed E-state index contributed by atoms with van der Waals surface area (Å²) in [5.74, 6) is -0.154. The van der Waals surface area contributed by atoms with E-state index in [-0.39, 0.29) is 23.4 Å². The molecule has 1 aliphatic rings. The van der Waals surface area contributed by atoms with Gasteiger partial charge in [-0.05, 0) is 42.6 Å². The fraction of sp³-hybridized carbons (Fsp3) is 0.333. The monoisotopic (exact) mass is 408 g/mol. The molecular formula is C24H28O4Si. The van der Waals surface area contributed by atoms with Crippen LogP contribution in [-0.4, -0.2) is 27.4 Å². The van der Waals surface area contributed by atoms with E-state index < -0.39 is 15.0 Å². The fourth-order valence-corrected chi connectivity index (χ4v) is 4.21. The lowest BCUT2D eigenvalue weighted by molar-refractivity contribution is -0.137. The Labute approximate surface area is 174 Å². The number of Topliss-reactive ketones (excluding diaryl/α,β-unsaturated/α-hetero) is 1. The third kappa shape index (κ3) is 4.05. The topological polar surface area (TPSA) is 52.6 Å². The van der Waals surface area contributed by atoms with E-state index in [1.807, 2.05) is 36.4 Å². The summed E-state index contributed by atoms with van der Waals surface area (Å²) >= 11 is 0. The molecule has 4 nitrogen and oxygen atoms in total. The van der Waals surface area contributed by atoms with Crippen LogP contribution in [0.3, 0.4) is 0 Å². The lowest BCUT2D eigenvalue weighted by Gasteiger charge is -2.23. The maximum atomic E-state index is 13.1. The zero-order valence-corrected chi connectivity index (χ0v) is 19.1. The van der Waals surface area contributed by atoms with Crippen LogP contribution >= 0.6 is 0 Å². The minimum atomic E-state index is -1.43. The molecule has 0 atom stereocenters. The molecule has 0 bridgehead atoms. The van der Waals surface area contributed by atoms with Crippen molar-refractivity contribution in [1.29, 1.82) is 0 Å². The molecule has 0 fully saturated rings. The number of benzene rings is 2. The highest BCUT2D eigenvalue weighted by Crippen LogP contribution is 2.42.